The first kappa shape index (κ1) is 19.4. The summed E-state index contributed by atoms with van der Waals surface area (Å²) in [5.41, 5.74) is 1.69. The van der Waals surface area contributed by atoms with Gasteiger partial charge in [0.05, 0.1) is 17.1 Å². The van der Waals surface area contributed by atoms with Gasteiger partial charge < -0.3 is 10.1 Å². The van der Waals surface area contributed by atoms with Gasteiger partial charge in [-0.25, -0.2) is 18.3 Å². The zero-order valence-electron chi connectivity index (χ0n) is 15.3. The van der Waals surface area contributed by atoms with Crippen molar-refractivity contribution in [1.82, 2.24) is 20.3 Å². The van der Waals surface area contributed by atoms with Crippen LogP contribution in [0, 0.1) is 11.6 Å². The normalized spacial score (nSPS) is 12.0. The maximum absolute atomic E-state index is 13.8. The van der Waals surface area contributed by atoms with Gasteiger partial charge >= 0.3 is 5.97 Å². The summed E-state index contributed by atoms with van der Waals surface area (Å²) in [4.78, 5) is 24.1. The summed E-state index contributed by atoms with van der Waals surface area (Å²) in [6.07, 6.45) is 0. The van der Waals surface area contributed by atoms with E-state index in [-0.39, 0.29) is 11.1 Å². The molecule has 1 N–H and O–H groups in total. The molecular weight excluding hydrogens is 370 g/mol. The lowest BCUT2D eigenvalue weighted by Gasteiger charge is -2.15. The van der Waals surface area contributed by atoms with Crippen LogP contribution in [0.25, 0.3) is 11.0 Å². The minimum Gasteiger partial charge on any atom is -0.452 e. The van der Waals surface area contributed by atoms with Gasteiger partial charge in [-0.05, 0) is 38.1 Å². The number of halogens is 2. The summed E-state index contributed by atoms with van der Waals surface area (Å²) in [7, 11) is 0. The second-order valence-electron chi connectivity index (χ2n) is 6.14. The molecule has 0 radical (unpaired) electrons. The second-order valence-corrected chi connectivity index (χ2v) is 6.14. The van der Waals surface area contributed by atoms with Crippen LogP contribution in [0.15, 0.2) is 36.4 Å². The van der Waals surface area contributed by atoms with Crippen LogP contribution in [-0.2, 0) is 16.1 Å². The smallest absolute Gasteiger partial charge is 0.338 e. The molecule has 3 rings (SSSR count). The number of nitrogens with one attached hydrogen (secondary N) is 1. The van der Waals surface area contributed by atoms with Crippen LogP contribution in [-0.4, -0.2) is 33.5 Å². The van der Waals surface area contributed by atoms with Gasteiger partial charge in [-0.1, -0.05) is 11.3 Å². The number of ether oxygens (including phenoxy) is 1. The number of hydrogen-bond donors (Lipinski definition) is 1. The SMILES string of the molecule is CCn1nnc2cc(C(=O)OCC(=O)N[C@@H](C)c3ccc(F)cc3F)ccc21. The zero-order chi connectivity index (χ0) is 20.3. The van der Waals surface area contributed by atoms with Crippen LogP contribution in [0.5, 0.6) is 0 Å². The van der Waals surface area contributed by atoms with Crippen LogP contribution in [0.2, 0.25) is 0 Å². The quantitative estimate of drug-likeness (QED) is 0.657. The van der Waals surface area contributed by atoms with Crippen molar-refractivity contribution in [3.8, 4) is 0 Å². The van der Waals surface area contributed by atoms with Gasteiger partial charge in [0.15, 0.2) is 6.61 Å². The van der Waals surface area contributed by atoms with Crippen molar-refractivity contribution in [2.24, 2.45) is 0 Å². The van der Waals surface area contributed by atoms with Crippen molar-refractivity contribution in [3.63, 3.8) is 0 Å². The van der Waals surface area contributed by atoms with Gasteiger partial charge in [-0.15, -0.1) is 5.10 Å². The Kier molecular flexibility index (Phi) is 5.62. The molecule has 0 fully saturated rings. The van der Waals surface area contributed by atoms with E-state index >= 15 is 0 Å². The molecule has 0 saturated carbocycles. The van der Waals surface area contributed by atoms with Crippen LogP contribution in [0.4, 0.5) is 8.78 Å². The van der Waals surface area contributed by atoms with E-state index in [1.165, 1.54) is 12.1 Å². The van der Waals surface area contributed by atoms with E-state index in [1.54, 1.807) is 23.7 Å². The minimum atomic E-state index is -0.766. The van der Waals surface area contributed by atoms with E-state index in [2.05, 4.69) is 15.6 Å². The highest BCUT2D eigenvalue weighted by molar-refractivity contribution is 5.94. The van der Waals surface area contributed by atoms with Gasteiger partial charge in [0.1, 0.15) is 17.2 Å². The monoisotopic (exact) mass is 388 g/mol. The first-order valence-corrected chi connectivity index (χ1v) is 8.63. The fourth-order valence-corrected chi connectivity index (χ4v) is 2.76. The molecule has 1 aromatic heterocycles. The summed E-state index contributed by atoms with van der Waals surface area (Å²) >= 11 is 0. The highest BCUT2D eigenvalue weighted by Crippen LogP contribution is 2.18. The number of carbonyl (C=O) groups is 2. The Morgan fingerprint density at radius 2 is 2.00 bits per heavy atom. The van der Waals surface area contributed by atoms with Crippen LogP contribution >= 0.6 is 0 Å². The Labute approximate surface area is 159 Å². The molecule has 7 nitrogen and oxygen atoms in total. The highest BCUT2D eigenvalue weighted by atomic mass is 19.1. The lowest BCUT2D eigenvalue weighted by molar-refractivity contribution is -0.124. The first-order valence-electron chi connectivity index (χ1n) is 8.63. The molecule has 0 aliphatic rings. The highest BCUT2D eigenvalue weighted by Gasteiger charge is 2.17. The average molecular weight is 388 g/mol. The third kappa shape index (κ3) is 4.13. The Morgan fingerprint density at radius 3 is 2.71 bits per heavy atom. The number of hydrogen-bond acceptors (Lipinski definition) is 5. The predicted molar refractivity (Wildman–Crippen MR) is 96.4 cm³/mol. The Bertz CT molecular complexity index is 1040. The molecule has 0 bridgehead atoms. The maximum Gasteiger partial charge on any atom is 0.338 e. The molecule has 1 amide bonds. The molecule has 1 atom stereocenters. The third-order valence-electron chi connectivity index (χ3n) is 4.19. The van der Waals surface area contributed by atoms with Crippen LogP contribution in [0.3, 0.4) is 0 Å². The van der Waals surface area contributed by atoms with Crippen LogP contribution in [0.1, 0.15) is 35.8 Å². The summed E-state index contributed by atoms with van der Waals surface area (Å²) in [5.74, 6) is -2.77. The lowest BCUT2D eigenvalue weighted by Crippen LogP contribution is -2.31. The molecule has 2 aromatic carbocycles. The van der Waals surface area contributed by atoms with Crippen molar-refractivity contribution in [1.29, 1.82) is 0 Å². The number of esters is 1. The Balaban J connectivity index is 1.58. The van der Waals surface area contributed by atoms with Crippen LogP contribution < -0.4 is 5.32 Å². The number of amides is 1. The van der Waals surface area contributed by atoms with Gasteiger partial charge in [0, 0.05) is 18.2 Å². The van der Waals surface area contributed by atoms with Gasteiger partial charge in [0.2, 0.25) is 0 Å². The molecule has 28 heavy (non-hydrogen) atoms. The molecule has 0 aliphatic heterocycles. The standard InChI is InChI=1S/C19H18F2N4O3/c1-3-25-17-7-4-12(8-16(17)23-24-25)19(27)28-10-18(26)22-11(2)14-6-5-13(20)9-15(14)21/h4-9,11H,3,10H2,1-2H3,(H,22,26)/t11-/m0/s1. The van der Waals surface area contributed by atoms with E-state index in [0.717, 1.165) is 17.6 Å². The number of benzene rings is 2. The molecule has 0 unspecified atom stereocenters. The van der Waals surface area contributed by atoms with Crippen molar-refractivity contribution in [3.05, 3.63) is 59.2 Å². The topological polar surface area (TPSA) is 86.1 Å². The predicted octanol–water partition coefficient (Wildman–Crippen LogP) is 2.76. The number of aromatic nitrogens is 3. The number of fused-ring (bicyclic) bond motifs is 1. The van der Waals surface area contributed by atoms with E-state index in [0.29, 0.717) is 12.1 Å². The molecule has 146 valence electrons. The zero-order valence-corrected chi connectivity index (χ0v) is 15.3. The number of rotatable bonds is 6. The number of nitrogens with zero attached hydrogens (tertiary/aromatic N) is 3. The summed E-state index contributed by atoms with van der Waals surface area (Å²) < 4.78 is 33.4. The molecule has 0 saturated heterocycles. The number of carbonyl (C=O) groups excluding carboxylic acids is 2. The second kappa shape index (κ2) is 8.12. The van der Waals surface area contributed by atoms with Gasteiger partial charge in [0.25, 0.3) is 5.91 Å². The van der Waals surface area contributed by atoms with Gasteiger partial charge in [-0.2, -0.15) is 0 Å². The molecule has 0 aliphatic carbocycles. The van der Waals surface area contributed by atoms with Crippen molar-refractivity contribution in [2.75, 3.05) is 6.61 Å². The Hall–Kier alpha value is -3.36. The average Bonchev–Trinajstić information content (AvgIpc) is 3.08. The third-order valence-corrected chi connectivity index (χ3v) is 4.19. The molecule has 3 aromatic rings. The summed E-state index contributed by atoms with van der Waals surface area (Å²) in [6, 6.07) is 7.18. The van der Waals surface area contributed by atoms with Crippen molar-refractivity contribution >= 4 is 22.9 Å². The lowest BCUT2D eigenvalue weighted by atomic mass is 10.1. The minimum absolute atomic E-state index is 0.130. The summed E-state index contributed by atoms with van der Waals surface area (Å²) in [6.45, 7) is 3.58. The first-order chi connectivity index (χ1) is 13.4. The van der Waals surface area contributed by atoms with Crippen molar-refractivity contribution in [2.45, 2.75) is 26.4 Å². The fourth-order valence-electron chi connectivity index (χ4n) is 2.76. The van der Waals surface area contributed by atoms with E-state index in [9.17, 15) is 18.4 Å². The Morgan fingerprint density at radius 1 is 1.21 bits per heavy atom. The van der Waals surface area contributed by atoms with E-state index < -0.39 is 36.2 Å². The van der Waals surface area contributed by atoms with Gasteiger partial charge in [-0.3, -0.25) is 4.79 Å². The molecule has 1 heterocycles. The number of aryl methyl sites for hydroxylation is 1. The summed E-state index contributed by atoms with van der Waals surface area (Å²) in [5, 5.41) is 10.4. The van der Waals surface area contributed by atoms with E-state index in [4.69, 9.17) is 4.74 Å². The maximum atomic E-state index is 13.8. The molecule has 9 heteroatoms. The molecule has 0 spiro atoms. The fraction of sp³-hybridized carbons (Fsp3) is 0.263. The largest absolute Gasteiger partial charge is 0.452 e. The van der Waals surface area contributed by atoms with Crippen molar-refractivity contribution < 1.29 is 23.1 Å². The molecular formula is C19H18F2N4O3. The van der Waals surface area contributed by atoms with E-state index in [1.807, 2.05) is 6.92 Å².